The summed E-state index contributed by atoms with van der Waals surface area (Å²) in [7, 11) is 0. The van der Waals surface area contributed by atoms with Crippen molar-refractivity contribution in [2.75, 3.05) is 18.0 Å². The van der Waals surface area contributed by atoms with Gasteiger partial charge in [-0.25, -0.2) is 0 Å². The Bertz CT molecular complexity index is 998. The number of rotatable bonds is 9. The minimum atomic E-state index is -0.599. The quantitative estimate of drug-likeness (QED) is 0.195. The second-order valence-electron chi connectivity index (χ2n) is 6.51. The van der Waals surface area contributed by atoms with Gasteiger partial charge in [0, 0.05) is 31.3 Å². The second-order valence-corrected chi connectivity index (χ2v) is 7.32. The van der Waals surface area contributed by atoms with Crippen molar-refractivity contribution in [1.29, 1.82) is 5.26 Å². The lowest BCUT2D eigenvalue weighted by Gasteiger charge is -2.27. The third-order valence-corrected chi connectivity index (χ3v) is 4.61. The minimum Gasteiger partial charge on any atom is -0.461 e. The fraction of sp³-hybridized carbons (Fsp3) is 0.300. The second kappa shape index (κ2) is 11.2. The standard InChI is InChI=1S/C20H19Cl2N5O4/c1-13(31-14(2)28)12-26(9-3-8-23)16-6-4-15(5-7-16)24-25-20-18(21)10-17(27(29)30)11-19(20)22/h4-7,10-11,13H,3,9,12H2,1-2H3. The van der Waals surface area contributed by atoms with Gasteiger partial charge in [0.2, 0.25) is 0 Å². The monoisotopic (exact) mass is 463 g/mol. The third-order valence-electron chi connectivity index (χ3n) is 4.03. The number of azo groups is 1. The highest BCUT2D eigenvalue weighted by atomic mass is 35.5. The summed E-state index contributed by atoms with van der Waals surface area (Å²) in [6, 6.07) is 11.4. The fourth-order valence-electron chi connectivity index (χ4n) is 2.73. The number of hydrogen-bond donors (Lipinski definition) is 0. The van der Waals surface area contributed by atoms with E-state index in [1.165, 1.54) is 6.92 Å². The average Bonchev–Trinajstić information content (AvgIpc) is 2.70. The Kier molecular flexibility index (Phi) is 8.73. The van der Waals surface area contributed by atoms with Gasteiger partial charge in [-0.3, -0.25) is 14.9 Å². The summed E-state index contributed by atoms with van der Waals surface area (Å²) in [6.07, 6.45) is -0.0345. The van der Waals surface area contributed by atoms with Crippen LogP contribution in [0.4, 0.5) is 22.7 Å². The van der Waals surface area contributed by atoms with Crippen LogP contribution in [0.2, 0.25) is 10.0 Å². The van der Waals surface area contributed by atoms with Gasteiger partial charge in [-0.2, -0.15) is 10.4 Å². The van der Waals surface area contributed by atoms with Crippen LogP contribution in [0.1, 0.15) is 20.3 Å². The Balaban J connectivity index is 2.18. The van der Waals surface area contributed by atoms with E-state index in [2.05, 4.69) is 16.3 Å². The van der Waals surface area contributed by atoms with Crippen molar-refractivity contribution >= 4 is 51.9 Å². The van der Waals surface area contributed by atoms with E-state index in [1.54, 1.807) is 31.2 Å². The van der Waals surface area contributed by atoms with Crippen LogP contribution in [-0.2, 0) is 9.53 Å². The Hall–Kier alpha value is -3.22. The number of anilines is 1. The van der Waals surface area contributed by atoms with E-state index in [0.29, 0.717) is 25.2 Å². The summed E-state index contributed by atoms with van der Waals surface area (Å²) in [5, 5.41) is 27.9. The number of non-ortho nitro benzene ring substituents is 1. The number of carbonyl (C=O) groups is 1. The first-order chi connectivity index (χ1) is 14.7. The molecule has 162 valence electrons. The molecule has 2 aromatic rings. The first-order valence-electron chi connectivity index (χ1n) is 9.15. The lowest BCUT2D eigenvalue weighted by atomic mass is 10.2. The lowest BCUT2D eigenvalue weighted by Crippen LogP contribution is -2.34. The van der Waals surface area contributed by atoms with Crippen LogP contribution >= 0.6 is 23.2 Å². The number of nitro groups is 1. The molecule has 0 saturated heterocycles. The number of hydrogen-bond acceptors (Lipinski definition) is 8. The molecular weight excluding hydrogens is 445 g/mol. The van der Waals surface area contributed by atoms with Gasteiger partial charge in [-0.15, -0.1) is 5.11 Å². The zero-order valence-electron chi connectivity index (χ0n) is 16.8. The van der Waals surface area contributed by atoms with Gasteiger partial charge in [0.25, 0.3) is 5.69 Å². The van der Waals surface area contributed by atoms with Crippen LogP contribution in [0, 0.1) is 21.4 Å². The highest BCUT2D eigenvalue weighted by molar-refractivity contribution is 6.39. The van der Waals surface area contributed by atoms with Crippen molar-refractivity contribution in [1.82, 2.24) is 0 Å². The largest absolute Gasteiger partial charge is 0.461 e. The number of benzene rings is 2. The SMILES string of the molecule is CC(=O)OC(C)CN(CCC#N)c1ccc(N=Nc2c(Cl)cc([N+](=O)[O-])cc2Cl)cc1. The zero-order chi connectivity index (χ0) is 23.0. The number of carbonyl (C=O) groups excluding carboxylic acids is 1. The molecule has 11 heteroatoms. The molecule has 0 heterocycles. The molecule has 2 aromatic carbocycles. The van der Waals surface area contributed by atoms with Gasteiger partial charge in [-0.1, -0.05) is 23.2 Å². The summed E-state index contributed by atoms with van der Waals surface area (Å²) in [5.74, 6) is -0.368. The highest BCUT2D eigenvalue weighted by Crippen LogP contribution is 2.37. The maximum Gasteiger partial charge on any atom is 0.302 e. The number of nitriles is 1. The number of halogens is 2. The molecule has 0 aliphatic carbocycles. The summed E-state index contributed by atoms with van der Waals surface area (Å²) in [6.45, 7) is 4.02. The maximum atomic E-state index is 11.2. The van der Waals surface area contributed by atoms with Crippen molar-refractivity contribution < 1.29 is 14.5 Å². The first kappa shape index (κ1) is 24.1. The van der Waals surface area contributed by atoms with Crippen molar-refractivity contribution in [3.8, 4) is 6.07 Å². The number of nitro benzene ring substituents is 1. The van der Waals surface area contributed by atoms with Crippen molar-refractivity contribution in [3.05, 3.63) is 56.6 Å². The van der Waals surface area contributed by atoms with Crippen molar-refractivity contribution in [2.45, 2.75) is 26.4 Å². The Labute approximate surface area is 189 Å². The normalized spacial score (nSPS) is 11.7. The van der Waals surface area contributed by atoms with Gasteiger partial charge in [0.05, 0.1) is 39.7 Å². The maximum absolute atomic E-state index is 11.2. The summed E-state index contributed by atoms with van der Waals surface area (Å²) < 4.78 is 5.17. The van der Waals surface area contributed by atoms with Gasteiger partial charge in [-0.05, 0) is 31.2 Å². The Morgan fingerprint density at radius 1 is 1.26 bits per heavy atom. The molecule has 31 heavy (non-hydrogen) atoms. The third kappa shape index (κ3) is 7.20. The molecule has 0 aliphatic rings. The summed E-state index contributed by atoms with van der Waals surface area (Å²) in [5.41, 5.74) is 1.21. The van der Waals surface area contributed by atoms with E-state index >= 15 is 0 Å². The smallest absolute Gasteiger partial charge is 0.302 e. The van der Waals surface area contributed by atoms with Crippen LogP contribution in [-0.4, -0.2) is 30.1 Å². The molecule has 1 atom stereocenters. The number of nitrogens with zero attached hydrogens (tertiary/aromatic N) is 5. The molecule has 2 rings (SSSR count). The van der Waals surface area contributed by atoms with E-state index in [4.69, 9.17) is 33.2 Å². The number of esters is 1. The van der Waals surface area contributed by atoms with Crippen LogP contribution < -0.4 is 4.90 Å². The minimum absolute atomic E-state index is 0.0155. The average molecular weight is 464 g/mol. The molecular formula is C20H19Cl2N5O4. The molecule has 9 nitrogen and oxygen atoms in total. The van der Waals surface area contributed by atoms with Crippen LogP contribution in [0.15, 0.2) is 46.6 Å². The molecule has 0 fully saturated rings. The van der Waals surface area contributed by atoms with Crippen LogP contribution in [0.25, 0.3) is 0 Å². The molecule has 0 saturated carbocycles. The zero-order valence-corrected chi connectivity index (χ0v) is 18.3. The molecule has 0 spiro atoms. The van der Waals surface area contributed by atoms with E-state index in [-0.39, 0.29) is 33.5 Å². The number of ether oxygens (including phenoxy) is 1. The molecule has 1 unspecified atom stereocenters. The van der Waals surface area contributed by atoms with Crippen molar-refractivity contribution in [3.63, 3.8) is 0 Å². The fourth-order valence-corrected chi connectivity index (χ4v) is 3.28. The van der Waals surface area contributed by atoms with Gasteiger partial charge in [0.1, 0.15) is 11.8 Å². The predicted octanol–water partition coefficient (Wildman–Crippen LogP) is 5.99. The summed E-state index contributed by atoms with van der Waals surface area (Å²) >= 11 is 12.1. The van der Waals surface area contributed by atoms with Crippen LogP contribution in [0.3, 0.4) is 0 Å². The van der Waals surface area contributed by atoms with E-state index in [1.807, 2.05) is 4.90 Å². The van der Waals surface area contributed by atoms with Gasteiger partial charge >= 0.3 is 5.97 Å². The topological polar surface area (TPSA) is 121 Å². The predicted molar refractivity (Wildman–Crippen MR) is 117 cm³/mol. The van der Waals surface area contributed by atoms with E-state index in [9.17, 15) is 14.9 Å². The molecule has 0 bridgehead atoms. The lowest BCUT2D eigenvalue weighted by molar-refractivity contribution is -0.384. The molecule has 0 amide bonds. The van der Waals surface area contributed by atoms with E-state index < -0.39 is 4.92 Å². The van der Waals surface area contributed by atoms with E-state index in [0.717, 1.165) is 17.8 Å². The summed E-state index contributed by atoms with van der Waals surface area (Å²) in [4.78, 5) is 23.3. The highest BCUT2D eigenvalue weighted by Gasteiger charge is 2.15. The molecule has 0 aliphatic heterocycles. The van der Waals surface area contributed by atoms with Crippen molar-refractivity contribution in [2.24, 2.45) is 10.2 Å². The first-order valence-corrected chi connectivity index (χ1v) is 9.91. The molecule has 0 N–H and O–H groups in total. The van der Waals surface area contributed by atoms with Gasteiger partial charge in [0.15, 0.2) is 0 Å². The van der Waals surface area contributed by atoms with Crippen LogP contribution in [0.5, 0.6) is 0 Å². The molecule has 0 aromatic heterocycles. The molecule has 0 radical (unpaired) electrons. The Morgan fingerprint density at radius 2 is 1.87 bits per heavy atom. The Morgan fingerprint density at radius 3 is 2.39 bits per heavy atom. The van der Waals surface area contributed by atoms with Gasteiger partial charge < -0.3 is 9.64 Å².